The number of fused-ring (bicyclic) bond motifs is 2. The van der Waals surface area contributed by atoms with Crippen LogP contribution < -0.4 is 16.2 Å². The van der Waals surface area contributed by atoms with Crippen molar-refractivity contribution in [3.05, 3.63) is 70.1 Å². The van der Waals surface area contributed by atoms with Crippen LogP contribution in [0, 0.1) is 5.41 Å². The molecule has 0 bridgehead atoms. The van der Waals surface area contributed by atoms with Crippen LogP contribution in [0.2, 0.25) is 0 Å². The summed E-state index contributed by atoms with van der Waals surface area (Å²) in [4.78, 5) is 83.7. The lowest BCUT2D eigenvalue weighted by Crippen LogP contribution is -2.71. The van der Waals surface area contributed by atoms with Crippen LogP contribution in [-0.2, 0) is 28.7 Å². The highest BCUT2D eigenvalue weighted by molar-refractivity contribution is 8.01. The Labute approximate surface area is 266 Å². The average molecular weight is 653 g/mol. The number of amides is 3. The molecule has 4 atom stereocenters. The van der Waals surface area contributed by atoms with Gasteiger partial charge in [0.15, 0.2) is 5.65 Å². The highest BCUT2D eigenvalue weighted by Gasteiger charge is 2.64. The number of β-lactam (4-membered cyclic amide) rings is 1. The van der Waals surface area contributed by atoms with Crippen LogP contribution in [0.15, 0.2) is 53.5 Å². The molecular formula is C30H32N6O9S. The molecule has 2 fully saturated rings. The van der Waals surface area contributed by atoms with E-state index in [0.29, 0.717) is 5.56 Å². The fraction of sp³-hybridized carbons (Fsp3) is 0.400. The van der Waals surface area contributed by atoms with E-state index < -0.39 is 87.1 Å². The molecule has 2 aromatic heterocycles. The number of nitrogens with one attached hydrogen (secondary N) is 2. The monoisotopic (exact) mass is 652 g/mol. The lowest BCUT2D eigenvalue weighted by Gasteiger charge is -2.44. The molecule has 2 saturated heterocycles. The molecule has 3 aromatic rings. The normalized spacial score (nSPS) is 20.7. The van der Waals surface area contributed by atoms with Gasteiger partial charge in [-0.1, -0.05) is 30.3 Å². The molecule has 0 aliphatic carbocycles. The Balaban J connectivity index is 1.31. The number of hydrogen-bond donors (Lipinski definition) is 3. The van der Waals surface area contributed by atoms with Crippen LogP contribution in [0.3, 0.4) is 0 Å². The third kappa shape index (κ3) is 6.11. The van der Waals surface area contributed by atoms with Gasteiger partial charge in [0.25, 0.3) is 11.5 Å². The van der Waals surface area contributed by atoms with Gasteiger partial charge in [-0.2, -0.15) is 4.52 Å². The van der Waals surface area contributed by atoms with Gasteiger partial charge in [0, 0.05) is 17.0 Å². The Morgan fingerprint density at radius 1 is 1.07 bits per heavy atom. The lowest BCUT2D eigenvalue weighted by molar-refractivity contribution is -0.180. The number of rotatable bonds is 8. The van der Waals surface area contributed by atoms with E-state index in [0.717, 1.165) is 10.7 Å². The minimum Gasteiger partial charge on any atom is -0.492 e. The number of benzene rings is 1. The Morgan fingerprint density at radius 2 is 1.76 bits per heavy atom. The van der Waals surface area contributed by atoms with Gasteiger partial charge in [-0.25, -0.2) is 9.78 Å². The Morgan fingerprint density at radius 3 is 2.43 bits per heavy atom. The first kappa shape index (κ1) is 32.4. The van der Waals surface area contributed by atoms with Crippen molar-refractivity contribution < 1.29 is 38.6 Å². The molecule has 1 aromatic carbocycles. The van der Waals surface area contributed by atoms with Crippen molar-refractivity contribution in [3.63, 3.8) is 0 Å². The molecule has 3 N–H and O–H groups in total. The van der Waals surface area contributed by atoms with E-state index in [1.807, 2.05) is 0 Å². The molecule has 15 nitrogen and oxygen atoms in total. The molecule has 46 heavy (non-hydrogen) atoms. The van der Waals surface area contributed by atoms with Gasteiger partial charge in [-0.15, -0.1) is 16.9 Å². The van der Waals surface area contributed by atoms with Gasteiger partial charge in [0.1, 0.15) is 29.1 Å². The van der Waals surface area contributed by atoms with E-state index in [9.17, 15) is 33.9 Å². The maximum Gasteiger partial charge on any atom is 0.333 e. The Bertz CT molecular complexity index is 1790. The highest BCUT2D eigenvalue weighted by Crippen LogP contribution is 2.51. The maximum atomic E-state index is 13.7. The maximum absolute atomic E-state index is 13.7. The molecule has 4 heterocycles. The van der Waals surface area contributed by atoms with Crippen molar-refractivity contribution in [2.75, 3.05) is 6.79 Å². The highest BCUT2D eigenvalue weighted by atomic mass is 32.2. The van der Waals surface area contributed by atoms with E-state index in [-0.39, 0.29) is 5.65 Å². The van der Waals surface area contributed by atoms with Crippen LogP contribution in [0.1, 0.15) is 56.6 Å². The SMILES string of the molecule is CC(C)(C)C(=O)OCOC(=O)[C@@H]1N2C(=O)[C@@H](NC(=O)C(NC(=O)c3cnc4ccc(O)nn4c3=O)c3ccccc3)[C@H]2SC1(C)C. The first-order chi connectivity index (χ1) is 21.6. The minimum absolute atomic E-state index is 0.0925. The first-order valence-corrected chi connectivity index (χ1v) is 15.1. The van der Waals surface area contributed by atoms with Crippen LogP contribution in [-0.4, -0.2) is 83.3 Å². The zero-order valence-corrected chi connectivity index (χ0v) is 26.4. The molecule has 3 amide bonds. The van der Waals surface area contributed by atoms with Crippen molar-refractivity contribution >= 4 is 47.1 Å². The summed E-state index contributed by atoms with van der Waals surface area (Å²) in [5.74, 6) is -3.98. The predicted octanol–water partition coefficient (Wildman–Crippen LogP) is 0.903. The zero-order valence-electron chi connectivity index (χ0n) is 25.5. The molecule has 1 unspecified atom stereocenters. The van der Waals surface area contributed by atoms with Gasteiger partial charge in [0.2, 0.25) is 24.5 Å². The number of aromatic nitrogens is 3. The number of carbonyl (C=O) groups is 5. The zero-order chi connectivity index (χ0) is 33.6. The number of aromatic hydroxyl groups is 1. The van der Waals surface area contributed by atoms with Gasteiger partial charge in [0.05, 0.1) is 5.41 Å². The fourth-order valence-corrected chi connectivity index (χ4v) is 6.68. The van der Waals surface area contributed by atoms with Crippen molar-refractivity contribution in [1.82, 2.24) is 30.1 Å². The summed E-state index contributed by atoms with van der Waals surface area (Å²) in [6, 6.07) is 7.42. The molecule has 5 rings (SSSR count). The third-order valence-corrected chi connectivity index (χ3v) is 9.00. The van der Waals surface area contributed by atoms with E-state index in [1.54, 1.807) is 65.0 Å². The molecule has 2 aliphatic rings. The second kappa shape index (κ2) is 12.1. The quantitative estimate of drug-likeness (QED) is 0.177. The van der Waals surface area contributed by atoms with Gasteiger partial charge in [-0.3, -0.25) is 24.0 Å². The average Bonchev–Trinajstić information content (AvgIpc) is 3.26. The summed E-state index contributed by atoms with van der Waals surface area (Å²) in [7, 11) is 0. The molecule has 242 valence electrons. The number of ether oxygens (including phenoxy) is 2. The molecule has 16 heteroatoms. The predicted molar refractivity (Wildman–Crippen MR) is 162 cm³/mol. The van der Waals surface area contributed by atoms with Gasteiger partial charge in [-0.05, 0) is 46.2 Å². The standard InChI is InChI=1S/C30H32N6O9S/c1-29(2,3)28(43)45-14-44-27(42)21-30(4,5)46-26-20(25(41)35(21)26)33-23(39)19(15-9-7-6-8-10-15)32-22(38)16-13-31-17-11-12-18(37)34-36(17)24(16)40/h6-13,19-21,26H,14H2,1-5H3,(H,32,38)(H,33,39)(H,34,37)/t19?,20-,21+,26-/m1/s1. The number of hydrogen-bond acceptors (Lipinski definition) is 12. The van der Waals surface area contributed by atoms with E-state index in [4.69, 9.17) is 9.47 Å². The summed E-state index contributed by atoms with van der Waals surface area (Å²) in [6.45, 7) is 7.88. The topological polar surface area (TPSA) is 199 Å². The first-order valence-electron chi connectivity index (χ1n) is 14.2. The largest absolute Gasteiger partial charge is 0.492 e. The van der Waals surface area contributed by atoms with Gasteiger partial charge < -0.3 is 30.1 Å². The lowest BCUT2D eigenvalue weighted by atomic mass is 9.95. The van der Waals surface area contributed by atoms with Gasteiger partial charge >= 0.3 is 11.9 Å². The Hall–Kier alpha value is -4.99. The van der Waals surface area contributed by atoms with Crippen LogP contribution in [0.5, 0.6) is 5.88 Å². The van der Waals surface area contributed by atoms with Crippen LogP contribution in [0.4, 0.5) is 0 Å². The van der Waals surface area contributed by atoms with Crippen LogP contribution >= 0.6 is 11.8 Å². The van der Waals surface area contributed by atoms with E-state index in [2.05, 4.69) is 20.7 Å². The summed E-state index contributed by atoms with van der Waals surface area (Å²) >= 11 is 1.29. The number of esters is 2. The Kier molecular flexibility index (Phi) is 8.51. The van der Waals surface area contributed by atoms with Crippen molar-refractivity contribution in [2.45, 2.75) is 62.9 Å². The number of thioether (sulfide) groups is 1. The second-order valence-electron chi connectivity index (χ2n) is 12.3. The number of nitrogens with zero attached hydrogens (tertiary/aromatic N) is 4. The third-order valence-electron chi connectivity index (χ3n) is 7.43. The summed E-state index contributed by atoms with van der Waals surface area (Å²) in [5.41, 5.74) is -1.63. The number of carbonyl (C=O) groups excluding carboxylic acids is 5. The van der Waals surface area contributed by atoms with Crippen LogP contribution in [0.25, 0.3) is 5.65 Å². The molecular weight excluding hydrogens is 620 g/mol. The molecule has 0 spiro atoms. The summed E-state index contributed by atoms with van der Waals surface area (Å²) in [5, 5.41) is 18.0. The summed E-state index contributed by atoms with van der Waals surface area (Å²) < 4.78 is 10.2. The fourth-order valence-electron chi connectivity index (χ4n) is 5.06. The van der Waals surface area contributed by atoms with E-state index in [1.165, 1.54) is 28.8 Å². The minimum atomic E-state index is -1.33. The molecule has 0 saturated carbocycles. The molecule has 0 radical (unpaired) electrons. The summed E-state index contributed by atoms with van der Waals surface area (Å²) in [6.07, 6.45) is 1.04. The van der Waals surface area contributed by atoms with Crippen molar-refractivity contribution in [2.24, 2.45) is 5.41 Å². The molecule has 2 aliphatic heterocycles. The second-order valence-corrected chi connectivity index (χ2v) is 14.0. The van der Waals surface area contributed by atoms with E-state index >= 15 is 0 Å². The smallest absolute Gasteiger partial charge is 0.333 e. The van der Waals surface area contributed by atoms with Crippen molar-refractivity contribution in [3.8, 4) is 5.88 Å². The van der Waals surface area contributed by atoms with Crippen molar-refractivity contribution in [1.29, 1.82) is 0 Å².